The van der Waals surface area contributed by atoms with Crippen LogP contribution in [0.2, 0.25) is 5.02 Å². The Balaban J connectivity index is 0.000000187. The first kappa shape index (κ1) is 36.9. The van der Waals surface area contributed by atoms with Crippen LogP contribution in [0.25, 0.3) is 10.9 Å². The van der Waals surface area contributed by atoms with Crippen LogP contribution in [-0.4, -0.2) is 67.5 Å². The molecule has 268 valence electrons. The third kappa shape index (κ3) is 9.51. The maximum absolute atomic E-state index is 12.5. The topological polar surface area (TPSA) is 31.7 Å². The normalized spacial score (nSPS) is 14.2. The van der Waals surface area contributed by atoms with Crippen LogP contribution in [0.3, 0.4) is 0 Å². The predicted octanol–water partition coefficient (Wildman–Crippen LogP) is 10.0. The number of ketones is 1. The molecule has 51 heavy (non-hydrogen) atoms. The number of rotatable bonds is 11. The molecule has 5 nitrogen and oxygen atoms in total. The fourth-order valence-corrected chi connectivity index (χ4v) is 8.03. The van der Waals surface area contributed by atoms with E-state index < -0.39 is 0 Å². The number of carbonyl (C=O) groups excluding carboxylic acids is 1. The van der Waals surface area contributed by atoms with Crippen molar-refractivity contribution in [3.63, 3.8) is 0 Å². The van der Waals surface area contributed by atoms with Crippen LogP contribution in [0.1, 0.15) is 71.3 Å². The van der Waals surface area contributed by atoms with E-state index in [0.717, 1.165) is 38.9 Å². The van der Waals surface area contributed by atoms with Gasteiger partial charge >= 0.3 is 0 Å². The Hall–Kier alpha value is -3.90. The highest BCUT2D eigenvalue weighted by atomic mass is 35.5. The molecule has 2 aliphatic rings. The van der Waals surface area contributed by atoms with Crippen molar-refractivity contribution >= 4 is 39.7 Å². The van der Waals surface area contributed by atoms with E-state index in [0.29, 0.717) is 17.1 Å². The summed E-state index contributed by atoms with van der Waals surface area (Å²) in [7, 11) is 6.34. The summed E-state index contributed by atoms with van der Waals surface area (Å²) < 4.78 is 2.62. The Bertz CT molecular complexity index is 1830. The van der Waals surface area contributed by atoms with Crippen molar-refractivity contribution in [2.24, 2.45) is 0 Å². The minimum absolute atomic E-state index is 0.125. The van der Waals surface area contributed by atoms with Crippen LogP contribution >= 0.6 is 11.6 Å². The second-order valence-corrected chi connectivity index (χ2v) is 15.0. The van der Waals surface area contributed by atoms with Gasteiger partial charge in [0.05, 0.1) is 6.54 Å². The van der Waals surface area contributed by atoms with Crippen molar-refractivity contribution in [3.05, 3.63) is 130 Å². The lowest BCUT2D eigenvalue weighted by Crippen LogP contribution is -2.29. The zero-order valence-electron chi connectivity index (χ0n) is 30.9. The van der Waals surface area contributed by atoms with E-state index in [2.05, 4.69) is 106 Å². The molecule has 0 N–H and O–H groups in total. The second kappa shape index (κ2) is 18.0. The summed E-state index contributed by atoms with van der Waals surface area (Å²) in [5.74, 6) is 0.125. The lowest BCUT2D eigenvalue weighted by Gasteiger charge is -2.28. The van der Waals surface area contributed by atoms with Gasteiger partial charge < -0.3 is 14.4 Å². The van der Waals surface area contributed by atoms with Crippen LogP contribution in [0, 0.1) is 0 Å². The molecule has 0 amide bonds. The SMILES string of the molecule is CN(C)CCCn1c2c(c3ccccc31)CCCCCC2.CN(CCCN1c2ccccc2CCc2ccccc21)CC(=O)c1ccc(Cl)cc1. The molecule has 0 unspecified atom stereocenters. The van der Waals surface area contributed by atoms with Gasteiger partial charge in [-0.15, -0.1) is 0 Å². The minimum Gasteiger partial charge on any atom is -0.344 e. The molecule has 0 radical (unpaired) electrons. The molecule has 1 aliphatic carbocycles. The molecular weight excluding hydrogens is 648 g/mol. The predicted molar refractivity (Wildman–Crippen MR) is 216 cm³/mol. The number of para-hydroxylation sites is 3. The van der Waals surface area contributed by atoms with Crippen LogP contribution < -0.4 is 4.90 Å². The molecule has 0 saturated carbocycles. The van der Waals surface area contributed by atoms with E-state index in [1.807, 2.05) is 7.05 Å². The highest BCUT2D eigenvalue weighted by Gasteiger charge is 2.21. The van der Waals surface area contributed by atoms with Crippen molar-refractivity contribution < 1.29 is 4.79 Å². The quantitative estimate of drug-likeness (QED) is 0.128. The summed E-state index contributed by atoms with van der Waals surface area (Å²) in [5.41, 5.74) is 10.9. The van der Waals surface area contributed by atoms with Crippen LogP contribution in [0.4, 0.5) is 11.4 Å². The molecule has 6 heteroatoms. The summed E-state index contributed by atoms with van der Waals surface area (Å²) in [6.45, 7) is 4.53. The van der Waals surface area contributed by atoms with Gasteiger partial charge in [0.1, 0.15) is 0 Å². The highest BCUT2D eigenvalue weighted by molar-refractivity contribution is 6.30. The fourth-order valence-electron chi connectivity index (χ4n) is 7.90. The van der Waals surface area contributed by atoms with Gasteiger partial charge in [-0.25, -0.2) is 0 Å². The molecule has 0 bridgehead atoms. The van der Waals surface area contributed by atoms with Crippen molar-refractivity contribution in [2.45, 2.75) is 70.8 Å². The Morgan fingerprint density at radius 2 is 1.27 bits per heavy atom. The van der Waals surface area contributed by atoms with Gasteiger partial charge in [0.25, 0.3) is 0 Å². The Kier molecular flexibility index (Phi) is 13.0. The first-order valence-corrected chi connectivity index (χ1v) is 19.4. The summed E-state index contributed by atoms with van der Waals surface area (Å²) in [6, 6.07) is 33.6. The van der Waals surface area contributed by atoms with Crippen molar-refractivity contribution in [1.82, 2.24) is 14.4 Å². The number of halogens is 1. The molecular formula is C45H55ClN4O. The number of aryl methyl sites for hydroxylation is 4. The fraction of sp³-hybridized carbons (Fsp3) is 0.400. The van der Waals surface area contributed by atoms with Crippen LogP contribution in [0.15, 0.2) is 97.1 Å². The first-order chi connectivity index (χ1) is 24.9. The largest absolute Gasteiger partial charge is 0.344 e. The van der Waals surface area contributed by atoms with Crippen molar-refractivity contribution in [1.29, 1.82) is 0 Å². The Morgan fingerprint density at radius 1 is 0.667 bits per heavy atom. The number of hydrogen-bond acceptors (Lipinski definition) is 4. The van der Waals surface area contributed by atoms with Crippen molar-refractivity contribution in [2.75, 3.05) is 52.2 Å². The molecule has 1 aromatic heterocycles. The molecule has 4 aromatic carbocycles. The molecule has 0 saturated heterocycles. The number of aromatic nitrogens is 1. The number of hydrogen-bond donors (Lipinski definition) is 0. The average molecular weight is 703 g/mol. The second-order valence-electron chi connectivity index (χ2n) is 14.6. The Labute approximate surface area is 310 Å². The molecule has 2 heterocycles. The van der Waals surface area contributed by atoms with Crippen LogP contribution in [-0.2, 0) is 32.2 Å². The molecule has 0 atom stereocenters. The lowest BCUT2D eigenvalue weighted by atomic mass is 9.97. The number of nitrogens with zero attached hydrogens (tertiary/aromatic N) is 4. The van der Waals surface area contributed by atoms with Gasteiger partial charge in [0.15, 0.2) is 5.78 Å². The number of Topliss-reactive ketones (excluding diaryl/α,β-unsaturated/α-hetero) is 1. The van der Waals surface area contributed by atoms with E-state index in [1.54, 1.807) is 35.5 Å². The standard InChI is InChI=1S/C26H27ClN2O.C19H28N2/c1-28(19-26(30)22-13-15-23(27)16-14-22)17-6-18-29-24-9-4-2-7-20(24)11-12-21-8-3-5-10-25(21)29;1-20(2)14-9-15-21-18-12-6-4-3-5-10-16(18)17-11-7-8-13-19(17)21/h2-5,7-10,13-16H,6,11-12,17-19H2,1H3;7-8,11,13H,3-6,9-10,12,14-15H2,1-2H3. The molecule has 1 aliphatic heterocycles. The third-order valence-electron chi connectivity index (χ3n) is 10.5. The number of likely N-dealkylation sites (N-methyl/N-ethyl adjacent to an activating group) is 1. The zero-order chi connectivity index (χ0) is 35.6. The van der Waals surface area contributed by atoms with E-state index in [1.165, 1.54) is 84.9 Å². The smallest absolute Gasteiger partial charge is 0.176 e. The molecule has 0 fully saturated rings. The van der Waals surface area contributed by atoms with Gasteiger partial charge in [0, 0.05) is 58.2 Å². The number of fused-ring (bicyclic) bond motifs is 5. The monoisotopic (exact) mass is 702 g/mol. The van der Waals surface area contributed by atoms with E-state index in [9.17, 15) is 4.79 Å². The van der Waals surface area contributed by atoms with Gasteiger partial charge in [-0.1, -0.05) is 79.0 Å². The average Bonchev–Trinajstić information content (AvgIpc) is 3.30. The van der Waals surface area contributed by atoms with Gasteiger partial charge in [-0.05, 0) is 138 Å². The minimum atomic E-state index is 0.125. The molecule has 7 rings (SSSR count). The maximum Gasteiger partial charge on any atom is 0.176 e. The number of carbonyl (C=O) groups is 1. The van der Waals surface area contributed by atoms with Gasteiger partial charge in [-0.2, -0.15) is 0 Å². The maximum atomic E-state index is 12.5. The van der Waals surface area contributed by atoms with Gasteiger partial charge in [-0.3, -0.25) is 9.69 Å². The molecule has 0 spiro atoms. The Morgan fingerprint density at radius 3 is 1.96 bits per heavy atom. The summed E-state index contributed by atoms with van der Waals surface area (Å²) in [4.78, 5) is 19.4. The van der Waals surface area contributed by atoms with E-state index in [4.69, 9.17) is 11.6 Å². The van der Waals surface area contributed by atoms with E-state index >= 15 is 0 Å². The molecule has 5 aromatic rings. The summed E-state index contributed by atoms with van der Waals surface area (Å²) in [6.07, 6.45) is 12.4. The summed E-state index contributed by atoms with van der Waals surface area (Å²) in [5, 5.41) is 2.16. The number of anilines is 2. The summed E-state index contributed by atoms with van der Waals surface area (Å²) >= 11 is 5.92. The highest BCUT2D eigenvalue weighted by Crippen LogP contribution is 2.36. The third-order valence-corrected chi connectivity index (χ3v) is 10.8. The number of benzene rings is 4. The first-order valence-electron chi connectivity index (χ1n) is 19.0. The van der Waals surface area contributed by atoms with Crippen LogP contribution in [0.5, 0.6) is 0 Å². The van der Waals surface area contributed by atoms with E-state index in [-0.39, 0.29) is 5.78 Å². The van der Waals surface area contributed by atoms with Crippen molar-refractivity contribution in [3.8, 4) is 0 Å². The lowest BCUT2D eigenvalue weighted by molar-refractivity contribution is 0.0946. The van der Waals surface area contributed by atoms with Gasteiger partial charge in [0.2, 0.25) is 0 Å². The zero-order valence-corrected chi connectivity index (χ0v) is 31.7.